The third kappa shape index (κ3) is 2.12. The fourth-order valence-corrected chi connectivity index (χ4v) is 0.784. The lowest BCUT2D eigenvalue weighted by molar-refractivity contribution is -0.440. The average Bonchev–Trinajstić information content (AvgIpc) is 2.15. The number of alkyl halides is 10. The molecule has 0 radical (unpaired) electrons. The summed E-state index contributed by atoms with van der Waals surface area (Å²) >= 11 is 0. The van der Waals surface area contributed by atoms with Gasteiger partial charge in [-0.2, -0.15) is 43.9 Å². The van der Waals surface area contributed by atoms with Crippen LogP contribution in [0.1, 0.15) is 6.92 Å². The molecule has 0 spiro atoms. The van der Waals surface area contributed by atoms with Crippen LogP contribution in [0.25, 0.3) is 0 Å². The SMILES string of the molecule is COC(F)(F)C(F)(F)C(F)(F)C(F)(F)C(C)(F)F. The third-order valence-electron chi connectivity index (χ3n) is 1.96. The number of hydrogen-bond acceptors (Lipinski definition) is 1. The van der Waals surface area contributed by atoms with Crippen molar-refractivity contribution in [3.05, 3.63) is 0 Å². The molecule has 0 atom stereocenters. The molecule has 0 aromatic heterocycles. The van der Waals surface area contributed by atoms with Gasteiger partial charge in [0.25, 0.3) is 0 Å². The molecule has 0 saturated carbocycles. The molecule has 1 nitrogen and oxygen atoms in total. The molecule has 0 unspecified atom stereocenters. The lowest BCUT2D eigenvalue weighted by Gasteiger charge is -2.37. The van der Waals surface area contributed by atoms with E-state index in [-0.39, 0.29) is 7.11 Å². The molecule has 0 fully saturated rings. The number of rotatable bonds is 5. The van der Waals surface area contributed by atoms with E-state index in [2.05, 4.69) is 4.74 Å². The Bertz CT molecular complexity index is 304. The Morgan fingerprint density at radius 3 is 1.17 bits per heavy atom. The summed E-state index contributed by atoms with van der Waals surface area (Å²) in [6, 6.07) is 0. The van der Waals surface area contributed by atoms with E-state index in [1.54, 1.807) is 0 Å². The summed E-state index contributed by atoms with van der Waals surface area (Å²) in [5.74, 6) is -26.2. The van der Waals surface area contributed by atoms with Gasteiger partial charge in [-0.25, -0.2) is 0 Å². The predicted molar refractivity (Wildman–Crippen MR) is 37.4 cm³/mol. The predicted octanol–water partition coefficient (Wildman–Crippen LogP) is 3.79. The van der Waals surface area contributed by atoms with Gasteiger partial charge in [0.1, 0.15) is 0 Å². The number of halogens is 10. The van der Waals surface area contributed by atoms with Crippen LogP contribution in [-0.4, -0.2) is 36.9 Å². The van der Waals surface area contributed by atoms with Crippen molar-refractivity contribution in [3.63, 3.8) is 0 Å². The van der Waals surface area contributed by atoms with Gasteiger partial charge in [-0.05, 0) is 0 Å². The Morgan fingerprint density at radius 1 is 0.611 bits per heavy atom. The zero-order valence-corrected chi connectivity index (χ0v) is 8.69. The van der Waals surface area contributed by atoms with Gasteiger partial charge in [0.2, 0.25) is 0 Å². The molecule has 0 bridgehead atoms. The molecule has 0 rings (SSSR count). The molecule has 0 aromatic carbocycles. The first kappa shape index (κ1) is 17.3. The summed E-state index contributed by atoms with van der Waals surface area (Å²) in [6.45, 7) is -0.804. The molecule has 0 aliphatic heterocycles. The number of ether oxygens (including phenoxy) is 1. The highest BCUT2D eigenvalue weighted by atomic mass is 19.4. The monoisotopic (exact) mass is 296 g/mol. The van der Waals surface area contributed by atoms with Crippen molar-refractivity contribution in [1.82, 2.24) is 0 Å². The summed E-state index contributed by atoms with van der Waals surface area (Å²) < 4.78 is 127. The second-order valence-electron chi connectivity index (χ2n) is 3.33. The summed E-state index contributed by atoms with van der Waals surface area (Å²) in [5.41, 5.74) is 0. The first-order chi connectivity index (χ1) is 7.56. The van der Waals surface area contributed by atoms with E-state index in [0.717, 1.165) is 0 Å². The largest absolute Gasteiger partial charge is 0.425 e. The van der Waals surface area contributed by atoms with Crippen molar-refractivity contribution in [2.24, 2.45) is 0 Å². The molecular formula is C7H6F10O. The van der Waals surface area contributed by atoms with E-state index in [1.807, 2.05) is 0 Å². The van der Waals surface area contributed by atoms with E-state index in [4.69, 9.17) is 0 Å². The van der Waals surface area contributed by atoms with Crippen molar-refractivity contribution in [1.29, 1.82) is 0 Å². The molecule has 0 aliphatic rings. The van der Waals surface area contributed by atoms with Crippen LogP contribution >= 0.6 is 0 Å². The summed E-state index contributed by atoms with van der Waals surface area (Å²) in [5, 5.41) is 0. The zero-order chi connectivity index (χ0) is 15.2. The summed E-state index contributed by atoms with van der Waals surface area (Å²) in [7, 11) is -0.174. The zero-order valence-electron chi connectivity index (χ0n) is 8.69. The van der Waals surface area contributed by atoms with E-state index in [0.29, 0.717) is 0 Å². The third-order valence-corrected chi connectivity index (χ3v) is 1.96. The number of hydrogen-bond donors (Lipinski definition) is 0. The maximum absolute atomic E-state index is 12.6. The molecular weight excluding hydrogens is 290 g/mol. The fourth-order valence-electron chi connectivity index (χ4n) is 0.784. The quantitative estimate of drug-likeness (QED) is 0.701. The van der Waals surface area contributed by atoms with Gasteiger partial charge in [0, 0.05) is 14.0 Å². The topological polar surface area (TPSA) is 9.23 Å². The van der Waals surface area contributed by atoms with Crippen LogP contribution in [-0.2, 0) is 4.74 Å². The smallest absolute Gasteiger partial charge is 0.319 e. The number of methoxy groups -OCH3 is 1. The Kier molecular flexibility index (Phi) is 3.97. The Hall–Kier alpha value is -0.740. The highest BCUT2D eigenvalue weighted by molar-refractivity contribution is 5.05. The van der Waals surface area contributed by atoms with Crippen LogP contribution in [0.3, 0.4) is 0 Å². The molecule has 0 aromatic rings. The van der Waals surface area contributed by atoms with Crippen LogP contribution in [0.5, 0.6) is 0 Å². The van der Waals surface area contributed by atoms with E-state index >= 15 is 0 Å². The van der Waals surface area contributed by atoms with Gasteiger partial charge in [-0.15, -0.1) is 0 Å². The van der Waals surface area contributed by atoms with Crippen molar-refractivity contribution in [3.8, 4) is 0 Å². The molecule has 110 valence electrons. The summed E-state index contributed by atoms with van der Waals surface area (Å²) in [4.78, 5) is 0. The van der Waals surface area contributed by atoms with Crippen LogP contribution in [0.15, 0.2) is 0 Å². The standard InChI is InChI=1S/C7H6F10O/c1-3(8,9)4(10,11)5(12,13)6(14,15)7(16,17)18-2/h1-2H3. The molecule has 18 heavy (non-hydrogen) atoms. The maximum atomic E-state index is 12.6. The average molecular weight is 296 g/mol. The molecule has 0 N–H and O–H groups in total. The Morgan fingerprint density at radius 2 is 0.944 bits per heavy atom. The van der Waals surface area contributed by atoms with Crippen molar-refractivity contribution in [2.75, 3.05) is 7.11 Å². The second-order valence-corrected chi connectivity index (χ2v) is 3.33. The lowest BCUT2D eigenvalue weighted by atomic mass is 9.99. The van der Waals surface area contributed by atoms with Crippen LogP contribution in [0.2, 0.25) is 0 Å². The second kappa shape index (κ2) is 4.14. The van der Waals surface area contributed by atoms with Gasteiger partial charge >= 0.3 is 29.8 Å². The van der Waals surface area contributed by atoms with E-state index < -0.39 is 36.7 Å². The van der Waals surface area contributed by atoms with Crippen LogP contribution in [0.4, 0.5) is 43.9 Å². The van der Waals surface area contributed by atoms with E-state index in [1.165, 1.54) is 0 Å². The molecule has 0 aliphatic carbocycles. The Balaban J connectivity index is 5.80. The molecule has 0 amide bonds. The maximum Gasteiger partial charge on any atom is 0.425 e. The van der Waals surface area contributed by atoms with Crippen LogP contribution in [0, 0.1) is 0 Å². The van der Waals surface area contributed by atoms with Crippen molar-refractivity contribution in [2.45, 2.75) is 36.7 Å². The minimum Gasteiger partial charge on any atom is -0.319 e. The highest BCUT2D eigenvalue weighted by Crippen LogP contribution is 2.56. The minimum absolute atomic E-state index is 0.174. The van der Waals surface area contributed by atoms with Crippen molar-refractivity contribution < 1.29 is 48.6 Å². The van der Waals surface area contributed by atoms with Gasteiger partial charge in [-0.3, -0.25) is 0 Å². The van der Waals surface area contributed by atoms with Gasteiger partial charge < -0.3 is 4.74 Å². The molecule has 0 saturated heterocycles. The van der Waals surface area contributed by atoms with Crippen molar-refractivity contribution >= 4 is 0 Å². The highest BCUT2D eigenvalue weighted by Gasteiger charge is 2.86. The first-order valence-corrected chi connectivity index (χ1v) is 4.00. The fraction of sp³-hybridized carbons (Fsp3) is 1.00. The normalized spacial score (nSPS) is 16.0. The van der Waals surface area contributed by atoms with Crippen LogP contribution < -0.4 is 0 Å². The van der Waals surface area contributed by atoms with E-state index in [9.17, 15) is 43.9 Å². The molecule has 11 heteroatoms. The van der Waals surface area contributed by atoms with Gasteiger partial charge in [0.05, 0.1) is 0 Å². The summed E-state index contributed by atoms with van der Waals surface area (Å²) in [6.07, 6.45) is -6.05. The molecule has 0 heterocycles. The minimum atomic E-state index is -7.03. The first-order valence-electron chi connectivity index (χ1n) is 4.00. The van der Waals surface area contributed by atoms with Gasteiger partial charge in [-0.1, -0.05) is 0 Å². The Labute approximate surface area is 93.7 Å². The van der Waals surface area contributed by atoms with Gasteiger partial charge in [0.15, 0.2) is 0 Å². The lowest BCUT2D eigenvalue weighted by Crippen LogP contribution is -2.67.